The summed E-state index contributed by atoms with van der Waals surface area (Å²) in [6.07, 6.45) is 1.72. The summed E-state index contributed by atoms with van der Waals surface area (Å²) in [5, 5.41) is 10.8. The molecule has 2 aromatic carbocycles. The molecule has 10 heteroatoms. The van der Waals surface area contributed by atoms with E-state index in [4.69, 9.17) is 12.2 Å². The number of carbonyl (C=O) groups excluding carboxylic acids is 1. The molecule has 0 atom stereocenters. The number of nitro groups is 1. The van der Waals surface area contributed by atoms with Crippen LogP contribution in [0, 0.1) is 10.1 Å². The van der Waals surface area contributed by atoms with Crippen LogP contribution in [-0.2, 0) is 18.9 Å². The van der Waals surface area contributed by atoms with Gasteiger partial charge in [-0.15, -0.1) is 0 Å². The summed E-state index contributed by atoms with van der Waals surface area (Å²) in [6, 6.07) is 11.2. The van der Waals surface area contributed by atoms with Crippen molar-refractivity contribution in [2.24, 2.45) is 14.1 Å². The normalized spacial score (nSPS) is 15.7. The fourth-order valence-electron chi connectivity index (χ4n) is 3.18. The minimum absolute atomic E-state index is 0.0588. The lowest BCUT2D eigenvalue weighted by Crippen LogP contribution is -2.27. The van der Waals surface area contributed by atoms with E-state index in [0.717, 1.165) is 28.4 Å². The van der Waals surface area contributed by atoms with Crippen molar-refractivity contribution in [3.05, 3.63) is 73.5 Å². The molecule has 146 valence electrons. The molecule has 0 unspecified atom stereocenters. The number of amides is 1. The summed E-state index contributed by atoms with van der Waals surface area (Å²) >= 11 is 6.50. The lowest BCUT2D eigenvalue weighted by atomic mass is 10.1. The van der Waals surface area contributed by atoms with Gasteiger partial charge in [0, 0.05) is 26.2 Å². The van der Waals surface area contributed by atoms with Crippen LogP contribution in [0.2, 0.25) is 0 Å². The van der Waals surface area contributed by atoms with Gasteiger partial charge in [-0.25, -0.2) is 4.79 Å². The number of hydrogen-bond acceptors (Lipinski definition) is 6. The third kappa shape index (κ3) is 3.15. The Bertz CT molecular complexity index is 1290. The van der Waals surface area contributed by atoms with E-state index in [1.54, 1.807) is 29.3 Å². The zero-order chi connectivity index (χ0) is 20.9. The van der Waals surface area contributed by atoms with Crippen LogP contribution in [0.3, 0.4) is 0 Å². The van der Waals surface area contributed by atoms with Crippen molar-refractivity contribution in [1.29, 1.82) is 0 Å². The molecule has 0 spiro atoms. The Morgan fingerprint density at radius 2 is 1.69 bits per heavy atom. The summed E-state index contributed by atoms with van der Waals surface area (Å²) in [4.78, 5) is 37.1. The van der Waals surface area contributed by atoms with Crippen LogP contribution in [0.5, 0.6) is 0 Å². The molecule has 8 nitrogen and oxygen atoms in total. The third-order valence-electron chi connectivity index (χ3n) is 4.71. The number of aromatic nitrogens is 2. The molecule has 0 radical (unpaired) electrons. The molecule has 1 fully saturated rings. The molecule has 0 aliphatic carbocycles. The minimum Gasteiger partial charge on any atom is -0.295 e. The van der Waals surface area contributed by atoms with Crippen molar-refractivity contribution < 1.29 is 9.72 Å². The maximum atomic E-state index is 12.9. The zero-order valence-electron chi connectivity index (χ0n) is 15.4. The number of imidazole rings is 1. The van der Waals surface area contributed by atoms with Crippen molar-refractivity contribution in [2.45, 2.75) is 0 Å². The monoisotopic (exact) mass is 426 g/mol. The first-order valence-electron chi connectivity index (χ1n) is 8.46. The van der Waals surface area contributed by atoms with E-state index in [9.17, 15) is 19.7 Å². The van der Waals surface area contributed by atoms with Gasteiger partial charge in [-0.05, 0) is 35.9 Å². The minimum atomic E-state index is -0.499. The van der Waals surface area contributed by atoms with Crippen molar-refractivity contribution in [3.8, 4) is 0 Å². The highest BCUT2D eigenvalue weighted by molar-refractivity contribution is 8.27. The molecular formula is C19H14N4O4S2. The van der Waals surface area contributed by atoms with E-state index in [0.29, 0.717) is 14.9 Å². The topological polar surface area (TPSA) is 90.4 Å². The number of aryl methyl sites for hydroxylation is 2. The van der Waals surface area contributed by atoms with Gasteiger partial charge in [-0.3, -0.25) is 28.9 Å². The van der Waals surface area contributed by atoms with Crippen LogP contribution in [-0.4, -0.2) is 24.3 Å². The molecular weight excluding hydrogens is 412 g/mol. The molecule has 3 aromatic rings. The Hall–Kier alpha value is -3.24. The van der Waals surface area contributed by atoms with Crippen LogP contribution in [0.1, 0.15) is 5.56 Å². The summed E-state index contributed by atoms with van der Waals surface area (Å²) in [5.74, 6) is -0.295. The summed E-state index contributed by atoms with van der Waals surface area (Å²) in [6.45, 7) is 0. The standard InChI is InChI=1S/C19H14N4O4S2/c1-20-14-8-3-11(9-15(14)21(2)18(20)25)10-16-17(24)22(19(28)29-16)12-4-6-13(7-5-12)23(26)27/h3-10H,1-2H3/b16-10-. The second-order valence-corrected chi connectivity index (χ2v) is 8.12. The van der Waals surface area contributed by atoms with E-state index in [1.165, 1.54) is 29.2 Å². The highest BCUT2D eigenvalue weighted by Crippen LogP contribution is 2.36. The molecule has 4 rings (SSSR count). The Kier molecular flexibility index (Phi) is 4.59. The highest BCUT2D eigenvalue weighted by Gasteiger charge is 2.33. The Morgan fingerprint density at radius 3 is 2.34 bits per heavy atom. The van der Waals surface area contributed by atoms with Crippen LogP contribution in [0.4, 0.5) is 11.4 Å². The number of anilines is 1. The molecule has 1 saturated heterocycles. The van der Waals surface area contributed by atoms with Gasteiger partial charge in [0.25, 0.3) is 11.6 Å². The number of rotatable bonds is 3. The van der Waals surface area contributed by atoms with Crippen LogP contribution >= 0.6 is 24.0 Å². The molecule has 29 heavy (non-hydrogen) atoms. The van der Waals surface area contributed by atoms with Crippen molar-refractivity contribution in [1.82, 2.24) is 9.13 Å². The van der Waals surface area contributed by atoms with E-state index in [-0.39, 0.29) is 17.3 Å². The fourth-order valence-corrected chi connectivity index (χ4v) is 4.48. The number of nitro benzene ring substituents is 1. The lowest BCUT2D eigenvalue weighted by Gasteiger charge is -2.13. The SMILES string of the molecule is Cn1c(=O)n(C)c2cc(/C=C3\SC(=S)N(c4ccc([N+](=O)[O-])cc4)C3=O)ccc21. The van der Waals surface area contributed by atoms with Crippen LogP contribution in [0.25, 0.3) is 17.1 Å². The zero-order valence-corrected chi connectivity index (χ0v) is 17.0. The van der Waals surface area contributed by atoms with E-state index < -0.39 is 4.92 Å². The first-order valence-corrected chi connectivity index (χ1v) is 9.68. The van der Waals surface area contributed by atoms with Crippen LogP contribution in [0.15, 0.2) is 52.2 Å². The van der Waals surface area contributed by atoms with Gasteiger partial charge in [0.05, 0.1) is 26.5 Å². The van der Waals surface area contributed by atoms with E-state index >= 15 is 0 Å². The van der Waals surface area contributed by atoms with Gasteiger partial charge < -0.3 is 0 Å². The number of benzene rings is 2. The second-order valence-electron chi connectivity index (χ2n) is 6.44. The van der Waals surface area contributed by atoms with Crippen molar-refractivity contribution >= 4 is 62.7 Å². The first-order chi connectivity index (χ1) is 13.8. The number of thioether (sulfide) groups is 1. The average Bonchev–Trinajstić information content (AvgIpc) is 3.09. The average molecular weight is 426 g/mol. The van der Waals surface area contributed by atoms with Gasteiger partial charge in [-0.1, -0.05) is 30.0 Å². The van der Waals surface area contributed by atoms with Crippen molar-refractivity contribution in [2.75, 3.05) is 4.90 Å². The second kappa shape index (κ2) is 6.98. The Labute approximate surface area is 174 Å². The first kappa shape index (κ1) is 19.1. The van der Waals surface area contributed by atoms with Gasteiger partial charge in [0.15, 0.2) is 4.32 Å². The van der Waals surface area contributed by atoms with E-state index in [1.807, 2.05) is 18.2 Å². The van der Waals surface area contributed by atoms with Gasteiger partial charge in [-0.2, -0.15) is 0 Å². The predicted molar refractivity (Wildman–Crippen MR) is 117 cm³/mol. The Morgan fingerprint density at radius 1 is 1.03 bits per heavy atom. The summed E-state index contributed by atoms with van der Waals surface area (Å²) in [7, 11) is 3.40. The number of thiocarbonyl (C=S) groups is 1. The molecule has 1 aliphatic heterocycles. The largest absolute Gasteiger partial charge is 0.328 e. The molecule has 1 aliphatic rings. The molecule has 0 bridgehead atoms. The maximum absolute atomic E-state index is 12.9. The van der Waals surface area contributed by atoms with Crippen molar-refractivity contribution in [3.63, 3.8) is 0 Å². The quantitative estimate of drug-likeness (QED) is 0.277. The number of nitrogens with zero attached hydrogens (tertiary/aromatic N) is 4. The molecule has 1 aromatic heterocycles. The number of fused-ring (bicyclic) bond motifs is 1. The van der Waals surface area contributed by atoms with Crippen LogP contribution < -0.4 is 10.6 Å². The predicted octanol–water partition coefficient (Wildman–Crippen LogP) is 3.19. The van der Waals surface area contributed by atoms with Gasteiger partial charge in [0.1, 0.15) is 0 Å². The molecule has 0 N–H and O–H groups in total. The smallest absolute Gasteiger partial charge is 0.295 e. The molecule has 2 heterocycles. The Balaban J connectivity index is 1.69. The molecule has 0 saturated carbocycles. The molecule has 1 amide bonds. The van der Waals surface area contributed by atoms with E-state index in [2.05, 4.69) is 0 Å². The number of non-ortho nitro benzene ring substituents is 1. The maximum Gasteiger partial charge on any atom is 0.328 e. The van der Waals surface area contributed by atoms with Gasteiger partial charge in [0.2, 0.25) is 0 Å². The number of hydrogen-bond donors (Lipinski definition) is 0. The third-order valence-corrected chi connectivity index (χ3v) is 6.01. The summed E-state index contributed by atoms with van der Waals surface area (Å²) < 4.78 is 3.46. The highest BCUT2D eigenvalue weighted by atomic mass is 32.2. The lowest BCUT2D eigenvalue weighted by molar-refractivity contribution is -0.384. The fraction of sp³-hybridized carbons (Fsp3) is 0.105. The number of carbonyl (C=O) groups is 1. The van der Waals surface area contributed by atoms with Gasteiger partial charge >= 0.3 is 5.69 Å². The summed E-state index contributed by atoms with van der Waals surface area (Å²) in [5.41, 5.74) is 2.62.